The first-order chi connectivity index (χ1) is 13.3. The molecule has 0 aliphatic carbocycles. The van der Waals surface area contributed by atoms with Crippen molar-refractivity contribution in [2.24, 2.45) is 0 Å². The molecule has 3 aromatic rings. The van der Waals surface area contributed by atoms with Gasteiger partial charge in [-0.1, -0.05) is 61.8 Å². The monoisotopic (exact) mass is 396 g/mol. The van der Waals surface area contributed by atoms with Crippen LogP contribution in [0.25, 0.3) is 0 Å². The predicted octanol–water partition coefficient (Wildman–Crippen LogP) is 7.88. The summed E-state index contributed by atoms with van der Waals surface area (Å²) in [5.74, 6) is 0.562. The molecule has 0 aliphatic rings. The highest BCUT2D eigenvalue weighted by molar-refractivity contribution is 6.31. The summed E-state index contributed by atoms with van der Waals surface area (Å²) in [6, 6.07) is 20.7. The molecule has 146 valence electrons. The minimum Gasteiger partial charge on any atom is -0.454 e. The van der Waals surface area contributed by atoms with E-state index in [-0.39, 0.29) is 17.0 Å². The maximum Gasteiger partial charge on any atom is 0.165 e. The molecule has 0 heterocycles. The summed E-state index contributed by atoms with van der Waals surface area (Å²) in [7, 11) is 0. The van der Waals surface area contributed by atoms with Crippen molar-refractivity contribution in [1.82, 2.24) is 0 Å². The lowest BCUT2D eigenvalue weighted by molar-refractivity contribution is 0.439. The number of hydrogen-bond acceptors (Lipinski definition) is 1. The molecule has 0 N–H and O–H groups in total. The van der Waals surface area contributed by atoms with E-state index in [2.05, 4.69) is 32.0 Å². The molecule has 0 saturated carbocycles. The van der Waals surface area contributed by atoms with Crippen LogP contribution in [0, 0.1) is 12.7 Å². The van der Waals surface area contributed by atoms with Gasteiger partial charge in [0.2, 0.25) is 0 Å². The lowest BCUT2D eigenvalue weighted by Crippen LogP contribution is -2.17. The first kappa shape index (κ1) is 20.4. The van der Waals surface area contributed by atoms with Gasteiger partial charge in [-0.15, -0.1) is 0 Å². The van der Waals surface area contributed by atoms with E-state index in [0.29, 0.717) is 5.75 Å². The van der Waals surface area contributed by atoms with Gasteiger partial charge in [0.15, 0.2) is 11.6 Å². The molecule has 0 spiro atoms. The average molecular weight is 397 g/mol. The Bertz CT molecular complexity index is 935. The minimum absolute atomic E-state index is 0.0285. The normalized spacial score (nSPS) is 11.5. The Balaban J connectivity index is 1.64. The van der Waals surface area contributed by atoms with Gasteiger partial charge in [0.05, 0.1) is 0 Å². The first-order valence-corrected chi connectivity index (χ1v) is 10.0. The van der Waals surface area contributed by atoms with Crippen molar-refractivity contribution in [3.8, 4) is 11.5 Å². The van der Waals surface area contributed by atoms with Crippen LogP contribution in [-0.4, -0.2) is 0 Å². The molecule has 0 amide bonds. The fourth-order valence-corrected chi connectivity index (χ4v) is 3.47. The van der Waals surface area contributed by atoms with E-state index in [1.807, 2.05) is 43.3 Å². The van der Waals surface area contributed by atoms with Crippen LogP contribution in [0.1, 0.15) is 43.4 Å². The number of ether oxygens (including phenoxy) is 1. The molecule has 1 nitrogen and oxygen atoms in total. The van der Waals surface area contributed by atoms with Crippen molar-refractivity contribution in [1.29, 1.82) is 0 Å². The Morgan fingerprint density at radius 1 is 0.964 bits per heavy atom. The van der Waals surface area contributed by atoms with Crippen molar-refractivity contribution in [3.63, 3.8) is 0 Å². The smallest absolute Gasteiger partial charge is 0.165 e. The van der Waals surface area contributed by atoms with Crippen molar-refractivity contribution in [3.05, 3.63) is 94.3 Å². The van der Waals surface area contributed by atoms with Crippen LogP contribution in [0.4, 0.5) is 4.39 Å². The molecule has 0 fully saturated rings. The lowest BCUT2D eigenvalue weighted by atomic mass is 9.79. The van der Waals surface area contributed by atoms with Crippen LogP contribution in [0.2, 0.25) is 5.02 Å². The summed E-state index contributed by atoms with van der Waals surface area (Å²) >= 11 is 6.30. The summed E-state index contributed by atoms with van der Waals surface area (Å²) < 4.78 is 19.8. The molecule has 0 aliphatic heterocycles. The highest BCUT2D eigenvalue weighted by Crippen LogP contribution is 2.32. The fourth-order valence-electron chi connectivity index (χ4n) is 3.29. The number of aryl methyl sites for hydroxylation is 2. The Morgan fingerprint density at radius 2 is 1.71 bits per heavy atom. The van der Waals surface area contributed by atoms with Gasteiger partial charge < -0.3 is 4.74 Å². The Morgan fingerprint density at radius 3 is 2.43 bits per heavy atom. The second-order valence-corrected chi connectivity index (χ2v) is 8.29. The van der Waals surface area contributed by atoms with E-state index in [9.17, 15) is 4.39 Å². The van der Waals surface area contributed by atoms with E-state index in [0.717, 1.165) is 35.4 Å². The predicted molar refractivity (Wildman–Crippen MR) is 115 cm³/mol. The largest absolute Gasteiger partial charge is 0.454 e. The quantitative estimate of drug-likeness (QED) is 0.394. The number of rotatable bonds is 7. The van der Waals surface area contributed by atoms with Gasteiger partial charge in [-0.25, -0.2) is 4.39 Å². The third-order valence-electron chi connectivity index (χ3n) is 5.19. The van der Waals surface area contributed by atoms with Gasteiger partial charge in [-0.3, -0.25) is 0 Å². The molecule has 28 heavy (non-hydrogen) atoms. The van der Waals surface area contributed by atoms with Gasteiger partial charge in [0.1, 0.15) is 5.75 Å². The van der Waals surface area contributed by atoms with Crippen LogP contribution in [0.3, 0.4) is 0 Å². The second kappa shape index (κ2) is 8.79. The zero-order valence-corrected chi connectivity index (χ0v) is 17.4. The maximum atomic E-state index is 14.1. The zero-order valence-electron chi connectivity index (χ0n) is 16.6. The molecule has 3 heteroatoms. The molecule has 0 atom stereocenters. The number of halogens is 2. The number of hydrogen-bond donors (Lipinski definition) is 0. The Kier molecular flexibility index (Phi) is 6.41. The van der Waals surface area contributed by atoms with Crippen LogP contribution < -0.4 is 4.74 Å². The Hall–Kier alpha value is -2.32. The van der Waals surface area contributed by atoms with Gasteiger partial charge in [-0.05, 0) is 78.6 Å². The third kappa shape index (κ3) is 5.14. The molecule has 0 saturated heterocycles. The number of benzene rings is 3. The molecular weight excluding hydrogens is 371 g/mol. The standard InChI is InChI=1S/C25H26ClFO/c1-18-11-13-20(17-22(18)26)25(2,3)15-7-8-19-12-14-23(27)24(16-19)28-21-9-5-4-6-10-21/h4-6,9-14,16-17H,7-8,15H2,1-3H3. The van der Waals surface area contributed by atoms with Gasteiger partial charge in [0, 0.05) is 5.02 Å². The lowest BCUT2D eigenvalue weighted by Gasteiger charge is -2.26. The van der Waals surface area contributed by atoms with Gasteiger partial charge in [-0.2, -0.15) is 0 Å². The van der Waals surface area contributed by atoms with E-state index in [1.165, 1.54) is 11.6 Å². The van der Waals surface area contributed by atoms with E-state index in [1.54, 1.807) is 6.07 Å². The van der Waals surface area contributed by atoms with Gasteiger partial charge in [0.25, 0.3) is 0 Å². The minimum atomic E-state index is -0.345. The van der Waals surface area contributed by atoms with Crippen molar-refractivity contribution >= 4 is 11.6 Å². The van der Waals surface area contributed by atoms with Crippen molar-refractivity contribution in [2.75, 3.05) is 0 Å². The highest BCUT2D eigenvalue weighted by atomic mass is 35.5. The SMILES string of the molecule is Cc1ccc(C(C)(C)CCCc2ccc(F)c(Oc3ccccc3)c2)cc1Cl. The third-order valence-corrected chi connectivity index (χ3v) is 5.59. The van der Waals surface area contributed by atoms with Crippen LogP contribution in [-0.2, 0) is 11.8 Å². The molecule has 0 unspecified atom stereocenters. The second-order valence-electron chi connectivity index (χ2n) is 7.88. The topological polar surface area (TPSA) is 9.23 Å². The average Bonchev–Trinajstić information content (AvgIpc) is 2.67. The molecule has 0 bridgehead atoms. The first-order valence-electron chi connectivity index (χ1n) is 9.63. The van der Waals surface area contributed by atoms with E-state index >= 15 is 0 Å². The number of para-hydroxylation sites is 1. The summed E-state index contributed by atoms with van der Waals surface area (Å²) in [6.45, 7) is 6.49. The molecule has 0 aromatic heterocycles. The van der Waals surface area contributed by atoms with Crippen LogP contribution in [0.5, 0.6) is 11.5 Å². The van der Waals surface area contributed by atoms with Crippen LogP contribution in [0.15, 0.2) is 66.7 Å². The van der Waals surface area contributed by atoms with Crippen molar-refractivity contribution in [2.45, 2.75) is 45.4 Å². The Labute approximate surface area is 172 Å². The molecular formula is C25H26ClFO. The van der Waals surface area contributed by atoms with Gasteiger partial charge >= 0.3 is 0 Å². The summed E-state index contributed by atoms with van der Waals surface area (Å²) in [5, 5.41) is 0.812. The molecule has 0 radical (unpaired) electrons. The maximum absolute atomic E-state index is 14.1. The highest BCUT2D eigenvalue weighted by Gasteiger charge is 2.21. The summed E-state index contributed by atoms with van der Waals surface area (Å²) in [4.78, 5) is 0. The molecule has 3 aromatic carbocycles. The zero-order chi connectivity index (χ0) is 20.1. The van der Waals surface area contributed by atoms with Crippen molar-refractivity contribution < 1.29 is 9.13 Å². The van der Waals surface area contributed by atoms with Crippen LogP contribution >= 0.6 is 11.6 Å². The fraction of sp³-hybridized carbons (Fsp3) is 0.280. The summed E-state index contributed by atoms with van der Waals surface area (Å²) in [5.41, 5.74) is 3.44. The molecule has 3 rings (SSSR count). The summed E-state index contributed by atoms with van der Waals surface area (Å²) in [6.07, 6.45) is 2.88. The van der Waals surface area contributed by atoms with E-state index < -0.39 is 0 Å². The van der Waals surface area contributed by atoms with E-state index in [4.69, 9.17) is 16.3 Å².